The maximum absolute atomic E-state index is 13.5. The van der Waals surface area contributed by atoms with Crippen molar-refractivity contribution in [1.82, 2.24) is 20.5 Å². The Bertz CT molecular complexity index is 899. The first kappa shape index (κ1) is 17.7. The molecule has 0 bridgehead atoms. The molecule has 2 aromatic heterocycles. The molecule has 1 amide bonds. The SMILES string of the molecule is Cc1n[nH]c(C)c1[C@@H](C)NC(=O)c1coc(COc2ccccc2F)n1. The van der Waals surface area contributed by atoms with Gasteiger partial charge in [0.25, 0.3) is 5.91 Å². The number of nitrogens with zero attached hydrogens (tertiary/aromatic N) is 2. The van der Waals surface area contributed by atoms with Crippen LogP contribution in [0.1, 0.15) is 46.3 Å². The predicted molar refractivity (Wildman–Crippen MR) is 91.2 cm³/mol. The van der Waals surface area contributed by atoms with Crippen molar-refractivity contribution in [2.75, 3.05) is 0 Å². The van der Waals surface area contributed by atoms with Crippen molar-refractivity contribution in [3.05, 3.63) is 64.9 Å². The molecule has 136 valence electrons. The molecule has 7 nitrogen and oxygen atoms in total. The number of carbonyl (C=O) groups excluding carboxylic acids is 1. The first-order chi connectivity index (χ1) is 12.5. The molecule has 0 saturated heterocycles. The summed E-state index contributed by atoms with van der Waals surface area (Å²) in [5.41, 5.74) is 2.79. The zero-order chi connectivity index (χ0) is 18.7. The highest BCUT2D eigenvalue weighted by molar-refractivity contribution is 5.92. The number of hydrogen-bond donors (Lipinski definition) is 2. The molecule has 3 aromatic rings. The van der Waals surface area contributed by atoms with Gasteiger partial charge in [-0.05, 0) is 32.9 Å². The quantitative estimate of drug-likeness (QED) is 0.706. The van der Waals surface area contributed by atoms with E-state index in [1.165, 1.54) is 18.4 Å². The average molecular weight is 358 g/mol. The lowest BCUT2D eigenvalue weighted by molar-refractivity contribution is 0.0934. The van der Waals surface area contributed by atoms with Crippen LogP contribution >= 0.6 is 0 Å². The zero-order valence-corrected chi connectivity index (χ0v) is 14.7. The highest BCUT2D eigenvalue weighted by atomic mass is 19.1. The first-order valence-electron chi connectivity index (χ1n) is 8.09. The minimum absolute atomic E-state index is 0.0796. The van der Waals surface area contributed by atoms with Gasteiger partial charge in [-0.2, -0.15) is 5.10 Å². The standard InChI is InChI=1S/C18H19FN4O3/c1-10(17-11(2)22-23-12(17)3)20-18(24)14-8-26-16(21-14)9-25-15-7-5-4-6-13(15)19/h4-8,10H,9H2,1-3H3,(H,20,24)(H,22,23)/t10-/m1/s1. The van der Waals surface area contributed by atoms with Crippen LogP contribution in [0, 0.1) is 19.7 Å². The normalized spacial score (nSPS) is 12.0. The number of nitrogens with one attached hydrogen (secondary N) is 2. The molecule has 0 fully saturated rings. The number of para-hydroxylation sites is 1. The van der Waals surface area contributed by atoms with Gasteiger partial charge in [0.1, 0.15) is 6.26 Å². The number of halogens is 1. The summed E-state index contributed by atoms with van der Waals surface area (Å²) in [5, 5.41) is 9.87. The van der Waals surface area contributed by atoms with Crippen molar-refractivity contribution in [3.63, 3.8) is 0 Å². The number of amides is 1. The van der Waals surface area contributed by atoms with Crippen LogP contribution in [-0.4, -0.2) is 21.1 Å². The zero-order valence-electron chi connectivity index (χ0n) is 14.7. The van der Waals surface area contributed by atoms with E-state index in [0.717, 1.165) is 17.0 Å². The number of aryl methyl sites for hydroxylation is 2. The van der Waals surface area contributed by atoms with Gasteiger partial charge in [-0.15, -0.1) is 0 Å². The van der Waals surface area contributed by atoms with Crippen LogP contribution in [0.15, 0.2) is 34.9 Å². The largest absolute Gasteiger partial charge is 0.481 e. The molecule has 2 heterocycles. The summed E-state index contributed by atoms with van der Waals surface area (Å²) < 4.78 is 24.1. The molecule has 0 radical (unpaired) electrons. The Kier molecular flexibility index (Phi) is 5.01. The molecule has 1 atom stereocenters. The lowest BCUT2D eigenvalue weighted by Gasteiger charge is -2.13. The van der Waals surface area contributed by atoms with Crippen LogP contribution in [0.2, 0.25) is 0 Å². The van der Waals surface area contributed by atoms with Crippen molar-refractivity contribution in [2.24, 2.45) is 0 Å². The van der Waals surface area contributed by atoms with Crippen molar-refractivity contribution in [2.45, 2.75) is 33.4 Å². The van der Waals surface area contributed by atoms with Crippen LogP contribution in [0.3, 0.4) is 0 Å². The topological polar surface area (TPSA) is 93.0 Å². The van der Waals surface area contributed by atoms with E-state index in [9.17, 15) is 9.18 Å². The van der Waals surface area contributed by atoms with Gasteiger partial charge in [-0.3, -0.25) is 9.89 Å². The number of carbonyl (C=O) groups is 1. The van der Waals surface area contributed by atoms with E-state index >= 15 is 0 Å². The van der Waals surface area contributed by atoms with Gasteiger partial charge in [0.15, 0.2) is 23.9 Å². The Morgan fingerprint density at radius 2 is 2.15 bits per heavy atom. The molecular weight excluding hydrogens is 339 g/mol. The van der Waals surface area contributed by atoms with Crippen molar-refractivity contribution < 1.29 is 18.3 Å². The number of ether oxygens (including phenoxy) is 1. The summed E-state index contributed by atoms with van der Waals surface area (Å²) >= 11 is 0. The minimum atomic E-state index is -0.475. The monoisotopic (exact) mass is 358 g/mol. The van der Waals surface area contributed by atoms with Gasteiger partial charge in [0.05, 0.1) is 11.7 Å². The molecule has 0 aliphatic heterocycles. The van der Waals surface area contributed by atoms with Gasteiger partial charge in [-0.1, -0.05) is 12.1 Å². The van der Waals surface area contributed by atoms with Gasteiger partial charge in [0, 0.05) is 11.3 Å². The number of rotatable bonds is 6. The fraction of sp³-hybridized carbons (Fsp3) is 0.278. The molecule has 0 aliphatic rings. The second kappa shape index (κ2) is 7.38. The molecule has 1 aromatic carbocycles. The second-order valence-electron chi connectivity index (χ2n) is 5.89. The van der Waals surface area contributed by atoms with Crippen LogP contribution in [0.4, 0.5) is 4.39 Å². The summed E-state index contributed by atoms with van der Waals surface area (Å²) in [5.74, 6) is -0.576. The van der Waals surface area contributed by atoms with E-state index in [4.69, 9.17) is 9.15 Å². The van der Waals surface area contributed by atoms with E-state index < -0.39 is 5.82 Å². The van der Waals surface area contributed by atoms with Crippen LogP contribution in [0.5, 0.6) is 5.75 Å². The maximum Gasteiger partial charge on any atom is 0.273 e. The number of benzene rings is 1. The summed E-state index contributed by atoms with van der Waals surface area (Å²) in [4.78, 5) is 16.4. The third-order valence-electron chi connectivity index (χ3n) is 3.94. The van der Waals surface area contributed by atoms with E-state index in [1.807, 2.05) is 20.8 Å². The summed E-state index contributed by atoms with van der Waals surface area (Å²) in [6.45, 7) is 5.55. The number of aromatic nitrogens is 3. The molecule has 0 saturated carbocycles. The second-order valence-corrected chi connectivity index (χ2v) is 5.89. The average Bonchev–Trinajstić information content (AvgIpc) is 3.21. The maximum atomic E-state index is 13.5. The number of oxazole rings is 1. The summed E-state index contributed by atoms with van der Waals surface area (Å²) in [6, 6.07) is 5.79. The fourth-order valence-corrected chi connectivity index (χ4v) is 2.72. The van der Waals surface area contributed by atoms with Gasteiger partial charge in [0.2, 0.25) is 5.89 Å². The Labute approximate surface area is 149 Å². The number of H-pyrrole nitrogens is 1. The smallest absolute Gasteiger partial charge is 0.273 e. The first-order valence-corrected chi connectivity index (χ1v) is 8.09. The molecule has 0 aliphatic carbocycles. The van der Waals surface area contributed by atoms with E-state index in [-0.39, 0.29) is 35.9 Å². The van der Waals surface area contributed by atoms with Crippen LogP contribution in [-0.2, 0) is 6.61 Å². The highest BCUT2D eigenvalue weighted by Crippen LogP contribution is 2.20. The Morgan fingerprint density at radius 1 is 1.38 bits per heavy atom. The number of aromatic amines is 1. The molecule has 2 N–H and O–H groups in total. The lowest BCUT2D eigenvalue weighted by atomic mass is 10.1. The molecule has 3 rings (SSSR count). The Morgan fingerprint density at radius 3 is 2.85 bits per heavy atom. The third kappa shape index (κ3) is 3.74. The summed E-state index contributed by atoms with van der Waals surface area (Å²) in [7, 11) is 0. The van der Waals surface area contributed by atoms with E-state index in [1.54, 1.807) is 12.1 Å². The fourth-order valence-electron chi connectivity index (χ4n) is 2.72. The lowest BCUT2D eigenvalue weighted by Crippen LogP contribution is -2.27. The highest BCUT2D eigenvalue weighted by Gasteiger charge is 2.19. The van der Waals surface area contributed by atoms with Crippen molar-refractivity contribution >= 4 is 5.91 Å². The Hall–Kier alpha value is -3.16. The van der Waals surface area contributed by atoms with Gasteiger partial charge in [-0.25, -0.2) is 9.37 Å². The molecule has 26 heavy (non-hydrogen) atoms. The number of hydrogen-bond acceptors (Lipinski definition) is 5. The molecule has 0 spiro atoms. The summed E-state index contributed by atoms with van der Waals surface area (Å²) in [6.07, 6.45) is 1.25. The van der Waals surface area contributed by atoms with Crippen LogP contribution < -0.4 is 10.1 Å². The van der Waals surface area contributed by atoms with E-state index in [0.29, 0.717) is 0 Å². The predicted octanol–water partition coefficient (Wildman–Crippen LogP) is 3.22. The van der Waals surface area contributed by atoms with Crippen molar-refractivity contribution in [1.29, 1.82) is 0 Å². The molecular formula is C18H19FN4O3. The van der Waals surface area contributed by atoms with E-state index in [2.05, 4.69) is 20.5 Å². The molecule has 0 unspecified atom stereocenters. The Balaban J connectivity index is 1.62. The van der Waals surface area contributed by atoms with Crippen LogP contribution in [0.25, 0.3) is 0 Å². The van der Waals surface area contributed by atoms with Gasteiger partial charge < -0.3 is 14.5 Å². The third-order valence-corrected chi connectivity index (χ3v) is 3.94. The van der Waals surface area contributed by atoms with Crippen molar-refractivity contribution in [3.8, 4) is 5.75 Å². The minimum Gasteiger partial charge on any atom is -0.481 e. The van der Waals surface area contributed by atoms with Gasteiger partial charge >= 0.3 is 0 Å². The molecule has 8 heteroatoms.